The molecule has 2 nitrogen and oxygen atoms in total. The summed E-state index contributed by atoms with van der Waals surface area (Å²) in [6.45, 7) is 0.876. The molecule has 1 atom stereocenters. The van der Waals surface area contributed by atoms with E-state index in [2.05, 4.69) is 11.4 Å². The molecule has 2 aromatic rings. The highest BCUT2D eigenvalue weighted by Crippen LogP contribution is 2.34. The van der Waals surface area contributed by atoms with Crippen LogP contribution in [0.3, 0.4) is 0 Å². The fourth-order valence-corrected chi connectivity index (χ4v) is 2.84. The third kappa shape index (κ3) is 4.11. The molecular formula is C14H15Cl2NOS. The molecule has 0 aliphatic rings. The second kappa shape index (κ2) is 7.15. The maximum atomic E-state index is 6.14. The molecule has 0 aliphatic heterocycles. The lowest BCUT2D eigenvalue weighted by Gasteiger charge is -2.19. The van der Waals surface area contributed by atoms with Gasteiger partial charge in [-0.3, -0.25) is 0 Å². The van der Waals surface area contributed by atoms with Gasteiger partial charge in [0, 0.05) is 22.4 Å². The molecular weight excluding hydrogens is 301 g/mol. The largest absolute Gasteiger partial charge is 0.483 e. The first-order valence-electron chi connectivity index (χ1n) is 6.00. The number of thiophene rings is 1. The second-order valence-electron chi connectivity index (χ2n) is 4.09. The van der Waals surface area contributed by atoms with Gasteiger partial charge in [-0.2, -0.15) is 0 Å². The van der Waals surface area contributed by atoms with Crippen LogP contribution in [0, 0.1) is 0 Å². The Bertz CT molecular complexity index is 516. The summed E-state index contributed by atoms with van der Waals surface area (Å²) in [6, 6.07) is 9.36. The van der Waals surface area contributed by atoms with Gasteiger partial charge in [0.15, 0.2) is 0 Å². The van der Waals surface area contributed by atoms with Crippen LogP contribution in [0.15, 0.2) is 35.7 Å². The van der Waals surface area contributed by atoms with Gasteiger partial charge < -0.3 is 10.1 Å². The van der Waals surface area contributed by atoms with E-state index in [4.69, 9.17) is 27.9 Å². The Morgan fingerprint density at radius 3 is 2.84 bits per heavy atom. The number of hydrogen-bond acceptors (Lipinski definition) is 3. The number of rotatable bonds is 6. The zero-order valence-electron chi connectivity index (χ0n) is 10.5. The van der Waals surface area contributed by atoms with Crippen LogP contribution in [0.2, 0.25) is 10.0 Å². The number of hydrogen-bond donors (Lipinski definition) is 1. The zero-order valence-corrected chi connectivity index (χ0v) is 12.9. The molecule has 0 spiro atoms. The van der Waals surface area contributed by atoms with Crippen molar-refractivity contribution in [1.82, 2.24) is 5.32 Å². The average molecular weight is 316 g/mol. The predicted octanol–water partition coefficient (Wildman–Crippen LogP) is 4.78. The lowest BCUT2D eigenvalue weighted by atomic mass is 10.2. The lowest BCUT2D eigenvalue weighted by Crippen LogP contribution is -2.15. The lowest BCUT2D eigenvalue weighted by molar-refractivity contribution is 0.199. The standard InChI is InChI=1S/C14H15Cl2NOS/c1-17-7-6-12(14-3-2-8-19-14)18-13-9-10(15)4-5-11(13)16/h2-5,8-9,12,17H,6-7H2,1H3/t12-/m1/s1. The Labute approximate surface area is 127 Å². The molecule has 0 unspecified atom stereocenters. The Hall–Kier alpha value is -0.740. The van der Waals surface area contributed by atoms with Crippen molar-refractivity contribution in [3.63, 3.8) is 0 Å². The summed E-state index contributed by atoms with van der Waals surface area (Å²) in [7, 11) is 1.93. The smallest absolute Gasteiger partial charge is 0.140 e. The fourth-order valence-electron chi connectivity index (χ4n) is 1.73. The van der Waals surface area contributed by atoms with E-state index in [0.29, 0.717) is 15.8 Å². The number of ether oxygens (including phenoxy) is 1. The van der Waals surface area contributed by atoms with Crippen molar-refractivity contribution in [1.29, 1.82) is 0 Å². The third-order valence-electron chi connectivity index (χ3n) is 2.68. The zero-order chi connectivity index (χ0) is 13.7. The van der Waals surface area contributed by atoms with E-state index in [1.807, 2.05) is 18.5 Å². The summed E-state index contributed by atoms with van der Waals surface area (Å²) in [5.41, 5.74) is 0. The molecule has 0 saturated carbocycles. The number of nitrogens with one attached hydrogen (secondary N) is 1. The Morgan fingerprint density at radius 2 is 2.16 bits per heavy atom. The molecule has 19 heavy (non-hydrogen) atoms. The quantitative estimate of drug-likeness (QED) is 0.828. The van der Waals surface area contributed by atoms with Crippen LogP contribution < -0.4 is 10.1 Å². The topological polar surface area (TPSA) is 21.3 Å². The van der Waals surface area contributed by atoms with E-state index in [1.165, 1.54) is 4.88 Å². The summed E-state index contributed by atoms with van der Waals surface area (Å²) in [5.74, 6) is 0.628. The normalized spacial score (nSPS) is 12.4. The maximum absolute atomic E-state index is 6.14. The molecule has 1 aromatic heterocycles. The van der Waals surface area contributed by atoms with Crippen LogP contribution >= 0.6 is 34.5 Å². The van der Waals surface area contributed by atoms with Crippen LogP contribution in [-0.4, -0.2) is 13.6 Å². The summed E-state index contributed by atoms with van der Waals surface area (Å²) in [4.78, 5) is 1.19. The van der Waals surface area contributed by atoms with E-state index in [1.54, 1.807) is 29.5 Å². The summed E-state index contributed by atoms with van der Waals surface area (Å²) in [6.07, 6.45) is 0.864. The van der Waals surface area contributed by atoms with Gasteiger partial charge in [-0.15, -0.1) is 11.3 Å². The molecule has 0 bridgehead atoms. The number of benzene rings is 1. The van der Waals surface area contributed by atoms with Crippen LogP contribution in [0.5, 0.6) is 5.75 Å². The van der Waals surface area contributed by atoms with Gasteiger partial charge in [-0.25, -0.2) is 0 Å². The van der Waals surface area contributed by atoms with Crippen molar-refractivity contribution >= 4 is 34.5 Å². The highest BCUT2D eigenvalue weighted by molar-refractivity contribution is 7.10. The summed E-state index contributed by atoms with van der Waals surface area (Å²) in [5, 5.41) is 6.39. The van der Waals surface area contributed by atoms with Crippen molar-refractivity contribution in [3.8, 4) is 5.75 Å². The molecule has 5 heteroatoms. The van der Waals surface area contributed by atoms with Crippen LogP contribution in [-0.2, 0) is 0 Å². The van der Waals surface area contributed by atoms with Gasteiger partial charge in [0.25, 0.3) is 0 Å². The summed E-state index contributed by atoms with van der Waals surface area (Å²) >= 11 is 13.8. The van der Waals surface area contributed by atoms with E-state index in [9.17, 15) is 0 Å². The monoisotopic (exact) mass is 315 g/mol. The minimum atomic E-state index is -0.0107. The first-order valence-corrected chi connectivity index (χ1v) is 7.64. The minimum absolute atomic E-state index is 0.0107. The van der Waals surface area contributed by atoms with Crippen molar-refractivity contribution in [2.45, 2.75) is 12.5 Å². The third-order valence-corrected chi connectivity index (χ3v) is 4.19. The molecule has 1 heterocycles. The van der Waals surface area contributed by atoms with Gasteiger partial charge >= 0.3 is 0 Å². The van der Waals surface area contributed by atoms with Gasteiger partial charge in [0.2, 0.25) is 0 Å². The Kier molecular flexibility index (Phi) is 5.52. The second-order valence-corrected chi connectivity index (χ2v) is 5.91. The average Bonchev–Trinajstić information content (AvgIpc) is 2.92. The SMILES string of the molecule is CNCC[C@@H](Oc1cc(Cl)ccc1Cl)c1cccs1. The number of halogens is 2. The molecule has 1 N–H and O–H groups in total. The van der Waals surface area contributed by atoms with Crippen LogP contribution in [0.25, 0.3) is 0 Å². The minimum Gasteiger partial charge on any atom is -0.483 e. The van der Waals surface area contributed by atoms with Gasteiger partial charge in [-0.1, -0.05) is 29.3 Å². The molecule has 0 saturated heterocycles. The first kappa shape index (κ1) is 14.7. The van der Waals surface area contributed by atoms with Crippen LogP contribution in [0.1, 0.15) is 17.4 Å². The predicted molar refractivity (Wildman–Crippen MR) is 82.7 cm³/mol. The van der Waals surface area contributed by atoms with E-state index in [0.717, 1.165) is 13.0 Å². The van der Waals surface area contributed by atoms with Gasteiger partial charge in [0.1, 0.15) is 11.9 Å². The van der Waals surface area contributed by atoms with E-state index >= 15 is 0 Å². The molecule has 0 aliphatic carbocycles. The van der Waals surface area contributed by atoms with Crippen molar-refractivity contribution in [2.24, 2.45) is 0 Å². The molecule has 0 fully saturated rings. The first-order chi connectivity index (χ1) is 9.20. The van der Waals surface area contributed by atoms with Gasteiger partial charge in [-0.05, 0) is 37.2 Å². The van der Waals surface area contributed by atoms with E-state index in [-0.39, 0.29) is 6.10 Å². The molecule has 2 rings (SSSR count). The molecule has 0 radical (unpaired) electrons. The highest BCUT2D eigenvalue weighted by atomic mass is 35.5. The summed E-state index contributed by atoms with van der Waals surface area (Å²) < 4.78 is 6.03. The fraction of sp³-hybridized carbons (Fsp3) is 0.286. The molecule has 0 amide bonds. The molecule has 102 valence electrons. The van der Waals surface area contributed by atoms with Crippen molar-refractivity contribution in [3.05, 3.63) is 50.6 Å². The maximum Gasteiger partial charge on any atom is 0.140 e. The Balaban J connectivity index is 2.17. The van der Waals surface area contributed by atoms with Crippen molar-refractivity contribution in [2.75, 3.05) is 13.6 Å². The van der Waals surface area contributed by atoms with Crippen molar-refractivity contribution < 1.29 is 4.74 Å². The van der Waals surface area contributed by atoms with Gasteiger partial charge in [0.05, 0.1) is 5.02 Å². The van der Waals surface area contributed by atoms with Crippen LogP contribution in [0.4, 0.5) is 0 Å². The molecule has 1 aromatic carbocycles. The Morgan fingerprint density at radius 1 is 1.32 bits per heavy atom. The highest BCUT2D eigenvalue weighted by Gasteiger charge is 2.16. The van der Waals surface area contributed by atoms with E-state index < -0.39 is 0 Å².